The molecule has 1 fully saturated rings. The molecule has 2 aliphatic rings. The van der Waals surface area contributed by atoms with E-state index in [0.717, 1.165) is 29.8 Å². The smallest absolute Gasteiger partial charge is 0.232 e. The van der Waals surface area contributed by atoms with Gasteiger partial charge in [-0.15, -0.1) is 0 Å². The number of likely N-dealkylation sites (tertiary alicyclic amines) is 1. The summed E-state index contributed by atoms with van der Waals surface area (Å²) >= 11 is 0. The van der Waals surface area contributed by atoms with Crippen molar-refractivity contribution in [3.8, 4) is 11.5 Å². The Hall–Kier alpha value is -2.59. The molecule has 2 aromatic carbocycles. The Labute approximate surface area is 166 Å². The van der Waals surface area contributed by atoms with Crippen molar-refractivity contribution in [2.45, 2.75) is 46.1 Å². The first-order valence-corrected chi connectivity index (χ1v) is 10.1. The van der Waals surface area contributed by atoms with Gasteiger partial charge >= 0.3 is 0 Å². The number of fused-ring (bicyclic) bond motifs is 1. The van der Waals surface area contributed by atoms with E-state index in [-0.39, 0.29) is 11.5 Å². The highest BCUT2D eigenvalue weighted by Gasteiger charge is 2.33. The third-order valence-corrected chi connectivity index (χ3v) is 5.68. The van der Waals surface area contributed by atoms with Gasteiger partial charge in [0.05, 0.1) is 11.1 Å². The molecule has 0 spiro atoms. The molecule has 0 unspecified atom stereocenters. The SMILES string of the molecule is Cc1ccc(/C=C2\Oc3c(CN4CCCCCC4)c(O)cc(C)c3C2=O)cc1. The number of benzene rings is 2. The van der Waals surface area contributed by atoms with E-state index in [9.17, 15) is 9.90 Å². The standard InChI is InChI=1S/C24H27NO3/c1-16-7-9-18(10-8-16)14-21-23(27)22-17(2)13-20(26)19(24(22)28-21)15-25-11-5-3-4-6-12-25/h7-10,13-14,26H,3-6,11-12,15H2,1-2H3/b21-14-. The number of ether oxygens (including phenoxy) is 1. The van der Waals surface area contributed by atoms with Gasteiger partial charge in [-0.3, -0.25) is 9.69 Å². The molecule has 1 saturated heterocycles. The van der Waals surface area contributed by atoms with Crippen molar-refractivity contribution in [3.63, 3.8) is 0 Å². The lowest BCUT2D eigenvalue weighted by molar-refractivity contribution is 0.101. The first-order chi connectivity index (χ1) is 13.5. The fourth-order valence-electron chi connectivity index (χ4n) is 4.06. The molecule has 0 aliphatic carbocycles. The Morgan fingerprint density at radius 1 is 1.07 bits per heavy atom. The number of phenols is 1. The summed E-state index contributed by atoms with van der Waals surface area (Å²) in [6, 6.07) is 9.68. The maximum absolute atomic E-state index is 13.0. The van der Waals surface area contributed by atoms with Gasteiger partial charge in [0.1, 0.15) is 11.5 Å². The molecule has 4 nitrogen and oxygen atoms in total. The largest absolute Gasteiger partial charge is 0.507 e. The molecular formula is C24H27NO3. The van der Waals surface area contributed by atoms with E-state index in [0.29, 0.717) is 23.6 Å². The fourth-order valence-corrected chi connectivity index (χ4v) is 4.06. The van der Waals surface area contributed by atoms with Gasteiger partial charge in [0.15, 0.2) is 5.76 Å². The Morgan fingerprint density at radius 2 is 1.75 bits per heavy atom. The van der Waals surface area contributed by atoms with E-state index in [1.54, 1.807) is 12.1 Å². The Kier molecular flexibility index (Phi) is 5.23. The third kappa shape index (κ3) is 3.69. The van der Waals surface area contributed by atoms with Crippen LogP contribution in [0, 0.1) is 13.8 Å². The summed E-state index contributed by atoms with van der Waals surface area (Å²) in [5, 5.41) is 10.6. The molecule has 4 heteroatoms. The summed E-state index contributed by atoms with van der Waals surface area (Å²) in [4.78, 5) is 15.4. The van der Waals surface area contributed by atoms with Crippen molar-refractivity contribution < 1.29 is 14.6 Å². The van der Waals surface area contributed by atoms with E-state index in [1.165, 1.54) is 31.2 Å². The normalized spacial score (nSPS) is 18.8. The second-order valence-electron chi connectivity index (χ2n) is 7.94. The van der Waals surface area contributed by atoms with E-state index in [1.807, 2.05) is 38.1 Å². The maximum Gasteiger partial charge on any atom is 0.232 e. The van der Waals surface area contributed by atoms with Crippen LogP contribution in [0.4, 0.5) is 0 Å². The summed E-state index contributed by atoms with van der Waals surface area (Å²) in [5.41, 5.74) is 4.16. The first kappa shape index (κ1) is 18.8. The molecule has 28 heavy (non-hydrogen) atoms. The van der Waals surface area contributed by atoms with Crippen LogP contribution in [0.2, 0.25) is 0 Å². The molecule has 1 N–H and O–H groups in total. The van der Waals surface area contributed by atoms with E-state index >= 15 is 0 Å². The zero-order valence-electron chi connectivity index (χ0n) is 16.6. The molecule has 2 heterocycles. The number of aromatic hydroxyl groups is 1. The van der Waals surface area contributed by atoms with Gasteiger partial charge in [-0.05, 0) is 63.0 Å². The summed E-state index contributed by atoms with van der Waals surface area (Å²) in [6.45, 7) is 6.53. The average Bonchev–Trinajstić information content (AvgIpc) is 2.84. The zero-order valence-corrected chi connectivity index (χ0v) is 16.6. The van der Waals surface area contributed by atoms with E-state index in [4.69, 9.17) is 4.74 Å². The molecule has 0 radical (unpaired) electrons. The van der Waals surface area contributed by atoms with Gasteiger partial charge in [0.25, 0.3) is 0 Å². The monoisotopic (exact) mass is 377 g/mol. The molecule has 0 bridgehead atoms. The highest BCUT2D eigenvalue weighted by atomic mass is 16.5. The van der Waals surface area contributed by atoms with Gasteiger partial charge in [0.2, 0.25) is 5.78 Å². The Morgan fingerprint density at radius 3 is 2.43 bits per heavy atom. The minimum atomic E-state index is -0.106. The van der Waals surface area contributed by atoms with Crippen LogP contribution >= 0.6 is 0 Å². The lowest BCUT2D eigenvalue weighted by atomic mass is 9.99. The van der Waals surface area contributed by atoms with Crippen LogP contribution in [-0.4, -0.2) is 28.9 Å². The van der Waals surface area contributed by atoms with Gasteiger partial charge in [0, 0.05) is 6.54 Å². The van der Waals surface area contributed by atoms with Gasteiger partial charge < -0.3 is 9.84 Å². The topological polar surface area (TPSA) is 49.8 Å². The van der Waals surface area contributed by atoms with Gasteiger partial charge in [-0.2, -0.15) is 0 Å². The van der Waals surface area contributed by atoms with Crippen LogP contribution in [0.1, 0.15) is 58.3 Å². The maximum atomic E-state index is 13.0. The summed E-state index contributed by atoms with van der Waals surface area (Å²) < 4.78 is 6.04. The Balaban J connectivity index is 1.68. The number of nitrogens with zero attached hydrogens (tertiary/aromatic N) is 1. The number of hydrogen-bond donors (Lipinski definition) is 1. The number of hydrogen-bond acceptors (Lipinski definition) is 4. The van der Waals surface area contributed by atoms with Crippen LogP contribution < -0.4 is 4.74 Å². The number of aryl methyl sites for hydroxylation is 2. The number of carbonyl (C=O) groups is 1. The minimum absolute atomic E-state index is 0.106. The Bertz CT molecular complexity index is 920. The number of carbonyl (C=O) groups excluding carboxylic acids is 1. The highest BCUT2D eigenvalue weighted by Crippen LogP contribution is 2.42. The second kappa shape index (κ2) is 7.80. The van der Waals surface area contributed by atoms with Crippen molar-refractivity contribution >= 4 is 11.9 Å². The van der Waals surface area contributed by atoms with Crippen LogP contribution in [0.5, 0.6) is 11.5 Å². The van der Waals surface area contributed by atoms with Crippen LogP contribution in [0.3, 0.4) is 0 Å². The molecular weight excluding hydrogens is 350 g/mol. The average molecular weight is 377 g/mol. The van der Waals surface area contributed by atoms with Crippen LogP contribution in [-0.2, 0) is 6.54 Å². The summed E-state index contributed by atoms with van der Waals surface area (Å²) in [6.07, 6.45) is 6.65. The van der Waals surface area contributed by atoms with Crippen molar-refractivity contribution in [3.05, 3.63) is 63.9 Å². The molecule has 2 aliphatic heterocycles. The van der Waals surface area contributed by atoms with Crippen molar-refractivity contribution in [1.82, 2.24) is 4.90 Å². The molecule has 0 amide bonds. The summed E-state index contributed by atoms with van der Waals surface area (Å²) in [5.74, 6) is 0.963. The lowest BCUT2D eigenvalue weighted by Gasteiger charge is -2.21. The van der Waals surface area contributed by atoms with Crippen molar-refractivity contribution in [2.75, 3.05) is 13.1 Å². The highest BCUT2D eigenvalue weighted by molar-refractivity contribution is 6.15. The minimum Gasteiger partial charge on any atom is -0.507 e. The molecule has 146 valence electrons. The predicted molar refractivity (Wildman–Crippen MR) is 111 cm³/mol. The molecule has 2 aromatic rings. The molecule has 0 saturated carbocycles. The number of ketones is 1. The third-order valence-electron chi connectivity index (χ3n) is 5.68. The summed E-state index contributed by atoms with van der Waals surface area (Å²) in [7, 11) is 0. The molecule has 0 aromatic heterocycles. The predicted octanol–water partition coefficient (Wildman–Crippen LogP) is 5.00. The van der Waals surface area contributed by atoms with Crippen LogP contribution in [0.25, 0.3) is 6.08 Å². The van der Waals surface area contributed by atoms with Crippen molar-refractivity contribution in [1.29, 1.82) is 0 Å². The number of Topliss-reactive ketones (excluding diaryl/α,β-unsaturated/α-hetero) is 1. The molecule has 0 atom stereocenters. The van der Waals surface area contributed by atoms with Crippen LogP contribution in [0.15, 0.2) is 36.1 Å². The fraction of sp³-hybridized carbons (Fsp3) is 0.375. The van der Waals surface area contributed by atoms with Gasteiger partial charge in [-0.1, -0.05) is 42.7 Å². The number of allylic oxidation sites excluding steroid dienone is 1. The zero-order chi connectivity index (χ0) is 19.7. The second-order valence-corrected chi connectivity index (χ2v) is 7.94. The lowest BCUT2D eigenvalue weighted by Crippen LogP contribution is -2.24. The molecule has 4 rings (SSSR count). The van der Waals surface area contributed by atoms with Gasteiger partial charge in [-0.25, -0.2) is 0 Å². The van der Waals surface area contributed by atoms with E-state index in [2.05, 4.69) is 4.90 Å². The number of phenolic OH excluding ortho intramolecular Hbond substituents is 1. The number of rotatable bonds is 3. The van der Waals surface area contributed by atoms with E-state index < -0.39 is 0 Å². The van der Waals surface area contributed by atoms with Crippen molar-refractivity contribution in [2.24, 2.45) is 0 Å². The quantitative estimate of drug-likeness (QED) is 0.765. The first-order valence-electron chi connectivity index (χ1n) is 10.1.